The van der Waals surface area contributed by atoms with Gasteiger partial charge in [0.1, 0.15) is 12.2 Å². The Kier molecular flexibility index (Phi) is 5.22. The van der Waals surface area contributed by atoms with E-state index in [1.807, 2.05) is 49.4 Å². The Bertz CT molecular complexity index is 1040. The van der Waals surface area contributed by atoms with Crippen molar-refractivity contribution in [1.29, 1.82) is 0 Å². The highest BCUT2D eigenvalue weighted by molar-refractivity contribution is 7.89. The number of nitrogens with zero attached hydrogens (tertiary/aromatic N) is 5. The Morgan fingerprint density at radius 1 is 1.20 bits per heavy atom. The normalized spacial score (nSPS) is 21.4. The van der Waals surface area contributed by atoms with Crippen LogP contribution in [-0.2, 0) is 28.3 Å². The van der Waals surface area contributed by atoms with Gasteiger partial charge in [-0.15, -0.1) is 10.2 Å². The molecule has 0 bridgehead atoms. The van der Waals surface area contributed by atoms with Gasteiger partial charge in [0.15, 0.2) is 0 Å². The molecular formula is C21H29N5O3S. The van der Waals surface area contributed by atoms with Crippen LogP contribution in [-0.4, -0.2) is 64.5 Å². The van der Waals surface area contributed by atoms with Gasteiger partial charge in [-0.3, -0.25) is 4.79 Å². The zero-order valence-corrected chi connectivity index (χ0v) is 18.8. The van der Waals surface area contributed by atoms with Crippen molar-refractivity contribution in [2.24, 2.45) is 18.4 Å². The van der Waals surface area contributed by atoms with E-state index in [-0.39, 0.29) is 23.2 Å². The highest BCUT2D eigenvalue weighted by Crippen LogP contribution is 2.50. The van der Waals surface area contributed by atoms with Crippen LogP contribution in [0, 0.1) is 11.3 Å². The number of benzene rings is 1. The number of hydrogen-bond acceptors (Lipinski definition) is 5. The minimum Gasteiger partial charge on any atom is -0.341 e. The minimum atomic E-state index is -3.56. The highest BCUT2D eigenvalue weighted by atomic mass is 32.2. The maximum atomic E-state index is 13.2. The molecule has 2 fully saturated rings. The van der Waals surface area contributed by atoms with E-state index in [4.69, 9.17) is 0 Å². The lowest BCUT2D eigenvalue weighted by atomic mass is 9.72. The molecule has 1 atom stereocenters. The predicted molar refractivity (Wildman–Crippen MR) is 112 cm³/mol. The Morgan fingerprint density at radius 3 is 2.40 bits per heavy atom. The lowest BCUT2D eigenvalue weighted by Gasteiger charge is -2.49. The maximum Gasteiger partial charge on any atom is 0.243 e. The van der Waals surface area contributed by atoms with Crippen molar-refractivity contribution in [2.45, 2.75) is 38.0 Å². The number of amides is 1. The smallest absolute Gasteiger partial charge is 0.243 e. The summed E-state index contributed by atoms with van der Waals surface area (Å²) in [7, 11) is -1.67. The molecule has 1 unspecified atom stereocenters. The fourth-order valence-electron chi connectivity index (χ4n) is 4.66. The summed E-state index contributed by atoms with van der Waals surface area (Å²) in [5, 5.41) is 8.29. The summed E-state index contributed by atoms with van der Waals surface area (Å²) in [6.45, 7) is 7.67. The quantitative estimate of drug-likeness (QED) is 0.718. The van der Waals surface area contributed by atoms with E-state index < -0.39 is 10.0 Å². The molecule has 1 aromatic heterocycles. The van der Waals surface area contributed by atoms with Crippen LogP contribution in [0.25, 0.3) is 0 Å². The van der Waals surface area contributed by atoms with Crippen LogP contribution in [0.2, 0.25) is 0 Å². The summed E-state index contributed by atoms with van der Waals surface area (Å²) in [6.07, 6.45) is 2.52. The molecule has 0 N–H and O–H groups in total. The second-order valence-corrected chi connectivity index (χ2v) is 10.8. The van der Waals surface area contributed by atoms with Gasteiger partial charge in [-0.25, -0.2) is 8.42 Å². The average molecular weight is 432 g/mol. The highest BCUT2D eigenvalue weighted by Gasteiger charge is 2.59. The minimum absolute atomic E-state index is 0.0402. The standard InChI is InChI=1S/C21H29N5O3S/c1-5-16-6-8-17(9-7-16)30(28,29)26-12-21(13-26)11-25(20(27)15(2)3)10-18(21)19-23-22-14-24(19)4/h6-9,14-15,18H,5,10-13H2,1-4H3. The third-order valence-electron chi connectivity index (χ3n) is 6.46. The SMILES string of the molecule is CCc1ccc(S(=O)(=O)N2CC3(CN(C(=O)C(C)C)CC3c3nncn3C)C2)cc1. The fourth-order valence-corrected chi connectivity index (χ4v) is 6.29. The molecule has 4 rings (SSSR count). The van der Waals surface area contributed by atoms with E-state index in [9.17, 15) is 13.2 Å². The molecule has 2 saturated heterocycles. The Hall–Kier alpha value is -2.26. The second kappa shape index (κ2) is 7.46. The topological polar surface area (TPSA) is 88.4 Å². The molecule has 1 amide bonds. The molecule has 2 aliphatic heterocycles. The fraction of sp³-hybridized carbons (Fsp3) is 0.571. The lowest BCUT2D eigenvalue weighted by molar-refractivity contribution is -0.134. The van der Waals surface area contributed by atoms with Gasteiger partial charge in [-0.2, -0.15) is 4.31 Å². The number of aromatic nitrogens is 3. The number of rotatable bonds is 5. The zero-order chi connectivity index (χ0) is 21.7. The molecule has 1 spiro atoms. The number of carbonyl (C=O) groups is 1. The molecule has 162 valence electrons. The van der Waals surface area contributed by atoms with Crippen molar-refractivity contribution < 1.29 is 13.2 Å². The van der Waals surface area contributed by atoms with E-state index in [1.165, 1.54) is 4.31 Å². The monoisotopic (exact) mass is 431 g/mol. The van der Waals surface area contributed by atoms with Crippen molar-refractivity contribution >= 4 is 15.9 Å². The van der Waals surface area contributed by atoms with Crippen LogP contribution in [0.1, 0.15) is 38.1 Å². The van der Waals surface area contributed by atoms with Gasteiger partial charge in [0.05, 0.1) is 4.90 Å². The van der Waals surface area contributed by atoms with Crippen molar-refractivity contribution in [3.63, 3.8) is 0 Å². The maximum absolute atomic E-state index is 13.2. The van der Waals surface area contributed by atoms with Gasteiger partial charge < -0.3 is 9.47 Å². The predicted octanol–water partition coefficient (Wildman–Crippen LogP) is 1.65. The van der Waals surface area contributed by atoms with Crippen LogP contribution < -0.4 is 0 Å². The molecule has 0 aliphatic carbocycles. The molecule has 2 aliphatic rings. The van der Waals surface area contributed by atoms with Gasteiger partial charge in [0.25, 0.3) is 0 Å². The molecule has 0 radical (unpaired) electrons. The zero-order valence-electron chi connectivity index (χ0n) is 17.9. The molecule has 0 saturated carbocycles. The van der Waals surface area contributed by atoms with Gasteiger partial charge >= 0.3 is 0 Å². The van der Waals surface area contributed by atoms with Crippen LogP contribution in [0.3, 0.4) is 0 Å². The first-order valence-electron chi connectivity index (χ1n) is 10.4. The number of carbonyl (C=O) groups excluding carboxylic acids is 1. The van der Waals surface area contributed by atoms with Gasteiger partial charge in [0.2, 0.25) is 15.9 Å². The second-order valence-electron chi connectivity index (χ2n) is 8.86. The summed E-state index contributed by atoms with van der Waals surface area (Å²) in [6, 6.07) is 7.10. The Balaban J connectivity index is 1.60. The van der Waals surface area contributed by atoms with E-state index >= 15 is 0 Å². The Labute approximate surface area is 177 Å². The van der Waals surface area contributed by atoms with E-state index in [2.05, 4.69) is 10.2 Å². The molecule has 3 heterocycles. The summed E-state index contributed by atoms with van der Waals surface area (Å²) in [5.41, 5.74) is 0.775. The van der Waals surface area contributed by atoms with Crippen molar-refractivity contribution in [2.75, 3.05) is 26.2 Å². The molecular weight excluding hydrogens is 402 g/mol. The van der Waals surface area contributed by atoms with E-state index in [1.54, 1.807) is 18.5 Å². The molecule has 1 aromatic carbocycles. The van der Waals surface area contributed by atoms with Crippen molar-refractivity contribution in [3.8, 4) is 0 Å². The van der Waals surface area contributed by atoms with Crippen LogP contribution in [0.15, 0.2) is 35.5 Å². The number of hydrogen-bond donors (Lipinski definition) is 0. The largest absolute Gasteiger partial charge is 0.341 e. The summed E-state index contributed by atoms with van der Waals surface area (Å²) < 4.78 is 29.7. The molecule has 9 heteroatoms. The van der Waals surface area contributed by atoms with Crippen molar-refractivity contribution in [1.82, 2.24) is 24.0 Å². The average Bonchev–Trinajstić information content (AvgIpc) is 3.29. The first-order chi connectivity index (χ1) is 14.2. The van der Waals surface area contributed by atoms with Crippen LogP contribution >= 0.6 is 0 Å². The summed E-state index contributed by atoms with van der Waals surface area (Å²) in [4.78, 5) is 14.9. The van der Waals surface area contributed by atoms with Crippen LogP contribution in [0.4, 0.5) is 0 Å². The summed E-state index contributed by atoms with van der Waals surface area (Å²) >= 11 is 0. The first-order valence-corrected chi connectivity index (χ1v) is 11.8. The van der Waals surface area contributed by atoms with Gasteiger partial charge in [-0.05, 0) is 24.1 Å². The molecule has 30 heavy (non-hydrogen) atoms. The van der Waals surface area contributed by atoms with E-state index in [0.29, 0.717) is 31.1 Å². The van der Waals surface area contributed by atoms with Crippen LogP contribution in [0.5, 0.6) is 0 Å². The first kappa shape index (κ1) is 21.0. The van der Waals surface area contributed by atoms with Gasteiger partial charge in [0, 0.05) is 50.5 Å². The van der Waals surface area contributed by atoms with Crippen molar-refractivity contribution in [3.05, 3.63) is 42.0 Å². The molecule has 2 aromatic rings. The summed E-state index contributed by atoms with van der Waals surface area (Å²) in [5.74, 6) is 0.757. The van der Waals surface area contributed by atoms with Gasteiger partial charge in [-0.1, -0.05) is 32.9 Å². The number of aryl methyl sites for hydroxylation is 2. The number of sulfonamides is 1. The third kappa shape index (κ3) is 3.33. The lowest BCUT2D eigenvalue weighted by Crippen LogP contribution is -2.61. The Morgan fingerprint density at radius 2 is 1.87 bits per heavy atom. The molecule has 8 nitrogen and oxygen atoms in total. The van der Waals surface area contributed by atoms with E-state index in [0.717, 1.165) is 17.8 Å². The number of likely N-dealkylation sites (tertiary alicyclic amines) is 1. The third-order valence-corrected chi connectivity index (χ3v) is 8.27.